The number of primary amides is 1. The minimum absolute atomic E-state index is 0.0936. The molecule has 0 aromatic heterocycles. The Labute approximate surface area is 155 Å². The van der Waals surface area contributed by atoms with Gasteiger partial charge in [-0.2, -0.15) is 0 Å². The summed E-state index contributed by atoms with van der Waals surface area (Å²) >= 11 is 0. The number of nitrogens with zero attached hydrogens (tertiary/aromatic N) is 2. The first kappa shape index (κ1) is 18.7. The van der Waals surface area contributed by atoms with Crippen LogP contribution in [0.2, 0.25) is 0 Å². The Bertz CT molecular complexity index is 625. The third-order valence-corrected chi connectivity index (χ3v) is 5.61. The number of hydrogen-bond donors (Lipinski definition) is 2. The molecular formula is C20H30N4O2. The summed E-state index contributed by atoms with van der Waals surface area (Å²) in [5.74, 6) is -0.431. The number of nitrogens with one attached hydrogen (secondary N) is 1. The Morgan fingerprint density at radius 2 is 1.69 bits per heavy atom. The van der Waals surface area contributed by atoms with Crippen molar-refractivity contribution in [3.63, 3.8) is 0 Å². The number of carbonyl (C=O) groups excluding carboxylic acids is 2. The van der Waals surface area contributed by atoms with Crippen LogP contribution in [0.25, 0.3) is 0 Å². The van der Waals surface area contributed by atoms with Gasteiger partial charge in [0, 0.05) is 24.5 Å². The van der Waals surface area contributed by atoms with Gasteiger partial charge in [0.05, 0.1) is 12.1 Å². The van der Waals surface area contributed by atoms with Crippen LogP contribution in [0.1, 0.15) is 45.4 Å². The molecule has 3 N–H and O–H groups in total. The number of likely N-dealkylation sites (tertiary alicyclic amines) is 1. The first-order valence-corrected chi connectivity index (χ1v) is 9.77. The van der Waals surface area contributed by atoms with Crippen molar-refractivity contribution in [1.29, 1.82) is 0 Å². The highest BCUT2D eigenvalue weighted by Crippen LogP contribution is 2.23. The van der Waals surface area contributed by atoms with Gasteiger partial charge in [-0.3, -0.25) is 14.5 Å². The summed E-state index contributed by atoms with van der Waals surface area (Å²) in [6.45, 7) is 4.78. The Morgan fingerprint density at radius 1 is 1.04 bits per heavy atom. The Morgan fingerprint density at radius 3 is 2.35 bits per heavy atom. The molecule has 0 radical (unpaired) electrons. The second-order valence-electron chi connectivity index (χ2n) is 7.41. The van der Waals surface area contributed by atoms with Crippen molar-refractivity contribution in [3.05, 3.63) is 24.3 Å². The van der Waals surface area contributed by atoms with E-state index in [-0.39, 0.29) is 23.9 Å². The summed E-state index contributed by atoms with van der Waals surface area (Å²) in [7, 11) is 0. The van der Waals surface area contributed by atoms with Crippen molar-refractivity contribution in [2.45, 2.75) is 57.5 Å². The first-order valence-electron chi connectivity index (χ1n) is 9.77. The van der Waals surface area contributed by atoms with E-state index in [0.717, 1.165) is 44.6 Å². The molecule has 0 aliphatic carbocycles. The lowest BCUT2D eigenvalue weighted by Gasteiger charge is -2.37. The normalized spacial score (nSPS) is 22.7. The quantitative estimate of drug-likeness (QED) is 0.847. The number of carbonyl (C=O) groups is 2. The lowest BCUT2D eigenvalue weighted by molar-refractivity contribution is -0.129. The van der Waals surface area contributed by atoms with Gasteiger partial charge in [0.25, 0.3) is 0 Å². The molecule has 2 atom stereocenters. The summed E-state index contributed by atoms with van der Waals surface area (Å²) < 4.78 is 0. The van der Waals surface area contributed by atoms with E-state index in [4.69, 9.17) is 5.73 Å². The van der Waals surface area contributed by atoms with E-state index >= 15 is 0 Å². The summed E-state index contributed by atoms with van der Waals surface area (Å²) in [4.78, 5) is 28.7. The zero-order valence-electron chi connectivity index (χ0n) is 15.6. The molecule has 0 bridgehead atoms. The van der Waals surface area contributed by atoms with Gasteiger partial charge in [0.1, 0.15) is 0 Å². The third-order valence-electron chi connectivity index (χ3n) is 5.61. The molecule has 142 valence electrons. The first-order chi connectivity index (χ1) is 12.6. The molecule has 1 aromatic carbocycles. The monoisotopic (exact) mass is 358 g/mol. The zero-order valence-corrected chi connectivity index (χ0v) is 15.6. The van der Waals surface area contributed by atoms with E-state index in [1.54, 1.807) is 0 Å². The van der Waals surface area contributed by atoms with Gasteiger partial charge in [-0.1, -0.05) is 6.42 Å². The van der Waals surface area contributed by atoms with Gasteiger partial charge in [-0.05, 0) is 69.8 Å². The van der Waals surface area contributed by atoms with E-state index in [1.807, 2.05) is 24.0 Å². The van der Waals surface area contributed by atoms with E-state index < -0.39 is 0 Å². The SMILES string of the molecule is C[C@@H](C(=O)Nc1ccc(N2CCCCC2)cc1)N1CCCC[C@@H]1C(N)=O. The molecule has 2 amide bonds. The molecule has 26 heavy (non-hydrogen) atoms. The fraction of sp³-hybridized carbons (Fsp3) is 0.600. The summed E-state index contributed by atoms with van der Waals surface area (Å²) in [5, 5.41) is 2.98. The van der Waals surface area contributed by atoms with Gasteiger partial charge in [-0.15, -0.1) is 0 Å². The van der Waals surface area contributed by atoms with E-state index in [1.165, 1.54) is 24.9 Å². The van der Waals surface area contributed by atoms with Gasteiger partial charge in [-0.25, -0.2) is 0 Å². The van der Waals surface area contributed by atoms with Crippen molar-refractivity contribution in [3.8, 4) is 0 Å². The molecule has 0 unspecified atom stereocenters. The van der Waals surface area contributed by atoms with E-state index in [9.17, 15) is 9.59 Å². The maximum atomic E-state index is 12.7. The highest BCUT2D eigenvalue weighted by atomic mass is 16.2. The largest absolute Gasteiger partial charge is 0.372 e. The number of anilines is 2. The van der Waals surface area contributed by atoms with Crippen molar-refractivity contribution in [2.24, 2.45) is 5.73 Å². The van der Waals surface area contributed by atoms with Crippen molar-refractivity contribution in [2.75, 3.05) is 29.9 Å². The third kappa shape index (κ3) is 4.36. The molecule has 2 heterocycles. The maximum absolute atomic E-state index is 12.7. The lowest BCUT2D eigenvalue weighted by Crippen LogP contribution is -2.54. The molecule has 1 aromatic rings. The summed E-state index contributed by atoms with van der Waals surface area (Å²) in [6.07, 6.45) is 6.50. The van der Waals surface area contributed by atoms with E-state index in [0.29, 0.717) is 0 Å². The minimum Gasteiger partial charge on any atom is -0.372 e. The number of rotatable bonds is 5. The standard InChI is InChI=1S/C20H30N4O2/c1-15(24-14-6-3-7-18(24)19(21)25)20(26)22-16-8-10-17(11-9-16)23-12-4-2-5-13-23/h8-11,15,18H,2-7,12-14H2,1H3,(H2,21,25)(H,22,26)/t15-,18+/m0/s1. The van der Waals surface area contributed by atoms with Crippen LogP contribution in [0.5, 0.6) is 0 Å². The summed E-state index contributed by atoms with van der Waals surface area (Å²) in [5.41, 5.74) is 7.51. The van der Waals surface area contributed by atoms with E-state index in [2.05, 4.69) is 22.3 Å². The van der Waals surface area contributed by atoms with Crippen LogP contribution >= 0.6 is 0 Å². The molecule has 6 nitrogen and oxygen atoms in total. The molecule has 2 aliphatic rings. The number of benzene rings is 1. The van der Waals surface area contributed by atoms with Crippen molar-refractivity contribution < 1.29 is 9.59 Å². The average molecular weight is 358 g/mol. The molecule has 2 aliphatic heterocycles. The molecule has 3 rings (SSSR count). The predicted octanol–water partition coefficient (Wildman–Crippen LogP) is 2.34. The van der Waals surface area contributed by atoms with Crippen LogP contribution in [0.4, 0.5) is 11.4 Å². The number of amides is 2. The number of piperidine rings is 2. The molecule has 2 fully saturated rings. The Hall–Kier alpha value is -2.08. The fourth-order valence-corrected chi connectivity index (χ4v) is 4.03. The summed E-state index contributed by atoms with van der Waals surface area (Å²) in [6, 6.07) is 7.32. The minimum atomic E-state index is -0.380. The van der Waals surface area contributed by atoms with Crippen LogP contribution in [0, 0.1) is 0 Å². The van der Waals surface area contributed by atoms with Crippen molar-refractivity contribution in [1.82, 2.24) is 4.90 Å². The van der Waals surface area contributed by atoms with Gasteiger partial charge >= 0.3 is 0 Å². The second-order valence-corrected chi connectivity index (χ2v) is 7.41. The van der Waals surface area contributed by atoms with Gasteiger partial charge in [0.2, 0.25) is 11.8 Å². The molecule has 6 heteroatoms. The number of nitrogens with two attached hydrogens (primary N) is 1. The molecular weight excluding hydrogens is 328 g/mol. The average Bonchev–Trinajstić information content (AvgIpc) is 2.68. The Balaban J connectivity index is 1.60. The maximum Gasteiger partial charge on any atom is 0.241 e. The fourth-order valence-electron chi connectivity index (χ4n) is 4.03. The smallest absolute Gasteiger partial charge is 0.241 e. The zero-order chi connectivity index (χ0) is 18.5. The van der Waals surface area contributed by atoms with Crippen LogP contribution in [0.15, 0.2) is 24.3 Å². The van der Waals surface area contributed by atoms with Gasteiger partial charge < -0.3 is 16.0 Å². The highest BCUT2D eigenvalue weighted by molar-refractivity contribution is 5.95. The van der Waals surface area contributed by atoms with Crippen LogP contribution in [0.3, 0.4) is 0 Å². The number of hydrogen-bond acceptors (Lipinski definition) is 4. The van der Waals surface area contributed by atoms with Crippen LogP contribution < -0.4 is 16.0 Å². The highest BCUT2D eigenvalue weighted by Gasteiger charge is 2.33. The second kappa shape index (κ2) is 8.54. The molecule has 0 saturated carbocycles. The van der Waals surface area contributed by atoms with Crippen molar-refractivity contribution >= 4 is 23.2 Å². The molecule has 0 spiro atoms. The van der Waals surface area contributed by atoms with Gasteiger partial charge in [0.15, 0.2) is 0 Å². The molecule has 2 saturated heterocycles. The van der Waals surface area contributed by atoms with Crippen LogP contribution in [-0.2, 0) is 9.59 Å². The Kier molecular flexibility index (Phi) is 6.14. The predicted molar refractivity (Wildman–Crippen MR) is 104 cm³/mol. The van der Waals surface area contributed by atoms with Crippen LogP contribution in [-0.4, -0.2) is 48.4 Å². The lowest BCUT2D eigenvalue weighted by atomic mass is 9.99. The topological polar surface area (TPSA) is 78.7 Å².